The summed E-state index contributed by atoms with van der Waals surface area (Å²) in [7, 11) is 0. The highest BCUT2D eigenvalue weighted by Crippen LogP contribution is 2.33. The number of carbonyl (C=O) groups is 5. The number of hydrogen-bond donors (Lipinski definition) is 0. The molecule has 2 saturated heterocycles. The van der Waals surface area contributed by atoms with Gasteiger partial charge in [0.2, 0.25) is 12.4 Å². The van der Waals surface area contributed by atoms with E-state index in [2.05, 4.69) is 0 Å². The van der Waals surface area contributed by atoms with Crippen molar-refractivity contribution in [1.29, 1.82) is 0 Å². The van der Waals surface area contributed by atoms with Gasteiger partial charge in [-0.05, 0) is 6.07 Å². The predicted octanol–water partition coefficient (Wildman–Crippen LogP) is 0.730. The maximum atomic E-state index is 12.1. The zero-order valence-electron chi connectivity index (χ0n) is 23.8. The third-order valence-corrected chi connectivity index (χ3v) is 5.91. The molecule has 17 nitrogen and oxygen atoms in total. The lowest BCUT2D eigenvalue weighted by atomic mass is 10.0. The van der Waals surface area contributed by atoms with Crippen molar-refractivity contribution in [2.45, 2.75) is 83.8 Å². The lowest BCUT2D eigenvalue weighted by Crippen LogP contribution is -2.63. The second kappa shape index (κ2) is 14.7. The molecule has 2 aliphatic rings. The van der Waals surface area contributed by atoms with Gasteiger partial charge < -0.3 is 42.6 Å². The van der Waals surface area contributed by atoms with Crippen molar-refractivity contribution in [2.24, 2.45) is 0 Å². The lowest BCUT2D eigenvalue weighted by Gasteiger charge is -2.44. The zero-order valence-corrected chi connectivity index (χ0v) is 23.8. The highest BCUT2D eigenvalue weighted by atomic mass is 16.8. The molecule has 0 radical (unpaired) electrons. The van der Waals surface area contributed by atoms with Gasteiger partial charge in [0.1, 0.15) is 6.10 Å². The summed E-state index contributed by atoms with van der Waals surface area (Å²) in [5, 5.41) is 11.5. The fourth-order valence-corrected chi connectivity index (χ4v) is 4.44. The molecular formula is C26H31NO16. The first-order chi connectivity index (χ1) is 20.3. The van der Waals surface area contributed by atoms with E-state index in [1.165, 1.54) is 24.3 Å². The third kappa shape index (κ3) is 9.07. The van der Waals surface area contributed by atoms with Crippen molar-refractivity contribution in [2.75, 3.05) is 13.2 Å². The van der Waals surface area contributed by atoms with E-state index in [1.54, 1.807) is 0 Å². The molecule has 0 spiro atoms. The number of ether oxygens (including phenoxy) is 9. The van der Waals surface area contributed by atoms with Crippen LogP contribution in [-0.4, -0.2) is 97.2 Å². The second-order valence-corrected chi connectivity index (χ2v) is 9.36. The average Bonchev–Trinajstić information content (AvgIpc) is 2.89. The van der Waals surface area contributed by atoms with Gasteiger partial charge in [0.15, 0.2) is 36.5 Å². The Bertz CT molecular complexity index is 1220. The highest BCUT2D eigenvalue weighted by Gasteiger charge is 2.53. The van der Waals surface area contributed by atoms with Crippen molar-refractivity contribution in [1.82, 2.24) is 0 Å². The minimum absolute atomic E-state index is 0.220. The Morgan fingerprint density at radius 1 is 0.674 bits per heavy atom. The van der Waals surface area contributed by atoms with E-state index in [4.69, 9.17) is 42.6 Å². The third-order valence-electron chi connectivity index (χ3n) is 5.91. The van der Waals surface area contributed by atoms with E-state index in [9.17, 15) is 34.1 Å². The van der Waals surface area contributed by atoms with Crippen LogP contribution in [0, 0.1) is 10.1 Å². The van der Waals surface area contributed by atoms with E-state index in [0.29, 0.717) is 0 Å². The van der Waals surface area contributed by atoms with Crippen molar-refractivity contribution >= 4 is 35.5 Å². The molecule has 8 atom stereocenters. The zero-order chi connectivity index (χ0) is 31.8. The summed E-state index contributed by atoms with van der Waals surface area (Å²) in [5.41, 5.74) is -0.409. The van der Waals surface area contributed by atoms with Crippen LogP contribution in [0.25, 0.3) is 0 Å². The minimum atomic E-state index is -1.52. The van der Waals surface area contributed by atoms with Gasteiger partial charge in [-0.3, -0.25) is 34.1 Å². The molecule has 2 aliphatic heterocycles. The molecule has 1 aromatic rings. The van der Waals surface area contributed by atoms with Gasteiger partial charge >= 0.3 is 35.5 Å². The summed E-state index contributed by atoms with van der Waals surface area (Å²) in [6.45, 7) is 4.65. The van der Waals surface area contributed by atoms with E-state index in [0.717, 1.165) is 34.6 Å². The van der Waals surface area contributed by atoms with Crippen LogP contribution in [0.3, 0.4) is 0 Å². The van der Waals surface area contributed by atoms with Crippen molar-refractivity contribution in [3.63, 3.8) is 0 Å². The Morgan fingerprint density at radius 3 is 1.65 bits per heavy atom. The predicted molar refractivity (Wildman–Crippen MR) is 136 cm³/mol. The Kier molecular flexibility index (Phi) is 11.3. The number of para-hydroxylation sites is 2. The summed E-state index contributed by atoms with van der Waals surface area (Å²) in [6.07, 6.45) is -11.3. The normalized spacial score (nSPS) is 28.5. The maximum Gasteiger partial charge on any atom is 0.311 e. The van der Waals surface area contributed by atoms with Crippen molar-refractivity contribution in [3.8, 4) is 5.75 Å². The summed E-state index contributed by atoms with van der Waals surface area (Å²) < 4.78 is 49.7. The summed E-state index contributed by atoms with van der Waals surface area (Å²) in [5.74, 6) is -4.22. The van der Waals surface area contributed by atoms with Gasteiger partial charge in [-0.1, -0.05) is 12.1 Å². The molecular weight excluding hydrogens is 582 g/mol. The van der Waals surface area contributed by atoms with Gasteiger partial charge in [-0.2, -0.15) is 0 Å². The van der Waals surface area contributed by atoms with Gasteiger partial charge in [0.05, 0.1) is 18.1 Å². The van der Waals surface area contributed by atoms with Crippen LogP contribution < -0.4 is 4.74 Å². The van der Waals surface area contributed by atoms with Crippen LogP contribution >= 0.6 is 0 Å². The highest BCUT2D eigenvalue weighted by molar-refractivity contribution is 5.69. The van der Waals surface area contributed by atoms with Crippen LogP contribution in [-0.2, 0) is 61.9 Å². The summed E-state index contributed by atoms with van der Waals surface area (Å²) >= 11 is 0. The van der Waals surface area contributed by atoms with Crippen LogP contribution in [0.5, 0.6) is 5.75 Å². The number of hydrogen-bond acceptors (Lipinski definition) is 16. The molecule has 0 amide bonds. The molecule has 0 aliphatic carbocycles. The Morgan fingerprint density at radius 2 is 1.12 bits per heavy atom. The fraction of sp³-hybridized carbons (Fsp3) is 0.577. The molecule has 0 aromatic heterocycles. The molecule has 43 heavy (non-hydrogen) atoms. The molecule has 0 bridgehead atoms. The lowest BCUT2D eigenvalue weighted by molar-refractivity contribution is -0.387. The number of rotatable bonds is 10. The van der Waals surface area contributed by atoms with Crippen LogP contribution in [0.2, 0.25) is 0 Å². The molecule has 0 saturated carbocycles. The van der Waals surface area contributed by atoms with E-state index < -0.39 is 96.3 Å². The molecule has 0 N–H and O–H groups in total. The van der Waals surface area contributed by atoms with Crippen LogP contribution in [0.1, 0.15) is 34.6 Å². The van der Waals surface area contributed by atoms with Crippen LogP contribution in [0.4, 0.5) is 5.69 Å². The molecule has 3 rings (SSSR count). The molecule has 1 aromatic carbocycles. The van der Waals surface area contributed by atoms with Gasteiger partial charge in [0, 0.05) is 40.7 Å². The first-order valence-corrected chi connectivity index (χ1v) is 12.9. The first-order valence-electron chi connectivity index (χ1n) is 12.9. The second-order valence-electron chi connectivity index (χ2n) is 9.36. The van der Waals surface area contributed by atoms with Gasteiger partial charge in [-0.15, -0.1) is 0 Å². The summed E-state index contributed by atoms with van der Waals surface area (Å²) in [4.78, 5) is 70.5. The largest absolute Gasteiger partial charge is 0.456 e. The topological polar surface area (TPSA) is 212 Å². The molecule has 17 heteroatoms. The number of nitrogens with zero attached hydrogens (tertiary/aromatic N) is 1. The molecule has 236 valence electrons. The Hall–Kier alpha value is -4.35. The smallest absolute Gasteiger partial charge is 0.311 e. The van der Waals surface area contributed by atoms with Crippen molar-refractivity contribution < 1.29 is 71.5 Å². The monoisotopic (exact) mass is 613 g/mol. The quantitative estimate of drug-likeness (QED) is 0.154. The molecule has 2 heterocycles. The Balaban J connectivity index is 1.94. The number of nitro groups is 1. The van der Waals surface area contributed by atoms with E-state index in [1.807, 2.05) is 0 Å². The standard InChI is InChI=1S/C26H31NO16/c1-12(28)37-19-10-35-26(23(40-15(4)31)21(19)38-13(2)29)43-20-11-36-25(24(41-16(5)32)22(20)39-14(3)30)42-18-9-7-6-8-17(18)27(33)34/h6-9,19-26H,10-11H2,1-5H3/t19-,20-,21+,22+,23-,24-,25+,26+/m1/s1. The average molecular weight is 614 g/mol. The first kappa shape index (κ1) is 33.2. The van der Waals surface area contributed by atoms with Gasteiger partial charge in [-0.25, -0.2) is 0 Å². The van der Waals surface area contributed by atoms with E-state index >= 15 is 0 Å². The van der Waals surface area contributed by atoms with E-state index in [-0.39, 0.29) is 12.4 Å². The summed E-state index contributed by atoms with van der Waals surface area (Å²) in [6, 6.07) is 5.37. The van der Waals surface area contributed by atoms with Gasteiger partial charge in [0.25, 0.3) is 0 Å². The van der Waals surface area contributed by atoms with Crippen molar-refractivity contribution in [3.05, 3.63) is 34.4 Å². The van der Waals surface area contributed by atoms with Crippen LogP contribution in [0.15, 0.2) is 24.3 Å². The SMILES string of the molecule is CC(=O)O[C@@H]1[C@@H](OC(C)=O)[C@H](O[C@@H]2CO[C@@H](Oc3ccccc3[N+](=O)[O-])[C@H](OC(C)=O)[C@H]2OC(C)=O)OC[C@H]1OC(C)=O. The Labute approximate surface area is 244 Å². The number of carbonyl (C=O) groups excluding carboxylic acids is 5. The fourth-order valence-electron chi connectivity index (χ4n) is 4.44. The molecule has 2 fully saturated rings. The number of nitro benzene ring substituents is 1. The maximum absolute atomic E-state index is 12.1. The number of benzene rings is 1. The number of esters is 5. The molecule has 0 unspecified atom stereocenters. The minimum Gasteiger partial charge on any atom is -0.456 e.